The van der Waals surface area contributed by atoms with Gasteiger partial charge in [0.2, 0.25) is 10.0 Å². The van der Waals surface area contributed by atoms with Gasteiger partial charge in [-0.3, -0.25) is 0 Å². The zero-order valence-electron chi connectivity index (χ0n) is 11.7. The predicted octanol–water partition coefficient (Wildman–Crippen LogP) is 1.39. The van der Waals surface area contributed by atoms with Gasteiger partial charge in [-0.15, -0.1) is 11.3 Å². The third-order valence-corrected chi connectivity index (χ3v) is 6.73. The molecule has 0 aliphatic heterocycles. The Labute approximate surface area is 124 Å². The topological polar surface area (TPSA) is 69.6 Å². The number of sulfonamides is 1. The molecular formula is C13H22N2O3S2. The third-order valence-electron chi connectivity index (χ3n) is 3.78. The van der Waals surface area contributed by atoms with Crippen molar-refractivity contribution >= 4 is 21.4 Å². The van der Waals surface area contributed by atoms with Gasteiger partial charge in [0, 0.05) is 19.1 Å². The molecule has 1 aromatic heterocycles. The average molecular weight is 318 g/mol. The normalized spacial score (nSPS) is 17.1. The molecule has 5 nitrogen and oxygen atoms in total. The van der Waals surface area contributed by atoms with Crippen LogP contribution in [0.5, 0.6) is 0 Å². The van der Waals surface area contributed by atoms with Crippen LogP contribution in [0, 0.1) is 0 Å². The van der Waals surface area contributed by atoms with Gasteiger partial charge in [-0.05, 0) is 36.9 Å². The van der Waals surface area contributed by atoms with Crippen molar-refractivity contribution in [2.75, 3.05) is 20.1 Å². The summed E-state index contributed by atoms with van der Waals surface area (Å²) >= 11 is 1.14. The van der Waals surface area contributed by atoms with Crippen molar-refractivity contribution < 1.29 is 13.5 Å². The minimum atomic E-state index is -3.44. The zero-order valence-corrected chi connectivity index (χ0v) is 13.3. The van der Waals surface area contributed by atoms with Gasteiger partial charge in [-0.1, -0.05) is 12.8 Å². The first-order valence-electron chi connectivity index (χ1n) is 6.91. The summed E-state index contributed by atoms with van der Waals surface area (Å²) in [5.41, 5.74) is 0.637. The maximum absolute atomic E-state index is 12.1. The van der Waals surface area contributed by atoms with Crippen LogP contribution in [0.2, 0.25) is 0 Å². The fraction of sp³-hybridized carbons (Fsp3) is 0.692. The Kier molecular flexibility index (Phi) is 5.57. The summed E-state index contributed by atoms with van der Waals surface area (Å²) in [4.78, 5) is 2.24. The Bertz CT molecular complexity index is 521. The van der Waals surface area contributed by atoms with E-state index in [1.54, 1.807) is 5.38 Å². The Morgan fingerprint density at radius 1 is 1.45 bits per heavy atom. The molecule has 0 atom stereocenters. The molecule has 1 aromatic rings. The number of rotatable bonds is 7. The first kappa shape index (κ1) is 15.9. The lowest BCUT2D eigenvalue weighted by Crippen LogP contribution is -2.37. The van der Waals surface area contributed by atoms with Gasteiger partial charge in [0.15, 0.2) is 0 Å². The average Bonchev–Trinajstić information content (AvgIpc) is 3.10. The molecule has 7 heteroatoms. The van der Waals surface area contributed by atoms with E-state index in [2.05, 4.69) is 16.7 Å². The molecule has 20 heavy (non-hydrogen) atoms. The van der Waals surface area contributed by atoms with E-state index in [9.17, 15) is 8.42 Å². The summed E-state index contributed by atoms with van der Waals surface area (Å²) in [6.07, 6.45) is 4.99. The Hall–Kier alpha value is -0.470. The van der Waals surface area contributed by atoms with E-state index >= 15 is 0 Å². The lowest BCUT2D eigenvalue weighted by Gasteiger charge is -2.23. The van der Waals surface area contributed by atoms with Crippen LogP contribution in [0.1, 0.15) is 31.2 Å². The third kappa shape index (κ3) is 4.02. The number of hydrogen-bond donors (Lipinski definition) is 2. The van der Waals surface area contributed by atoms with Crippen LogP contribution in [0.4, 0.5) is 0 Å². The molecule has 2 rings (SSSR count). The van der Waals surface area contributed by atoms with Crippen molar-refractivity contribution in [1.29, 1.82) is 0 Å². The van der Waals surface area contributed by atoms with Crippen LogP contribution < -0.4 is 4.72 Å². The summed E-state index contributed by atoms with van der Waals surface area (Å²) in [5.74, 6) is 0. The van der Waals surface area contributed by atoms with E-state index in [1.807, 2.05) is 0 Å². The first-order valence-corrected chi connectivity index (χ1v) is 9.27. The van der Waals surface area contributed by atoms with Gasteiger partial charge < -0.3 is 10.0 Å². The highest BCUT2D eigenvalue weighted by atomic mass is 32.2. The highest BCUT2D eigenvalue weighted by Gasteiger charge is 2.20. The summed E-state index contributed by atoms with van der Waals surface area (Å²) in [7, 11) is -1.38. The smallest absolute Gasteiger partial charge is 0.250 e. The van der Waals surface area contributed by atoms with E-state index in [4.69, 9.17) is 5.11 Å². The van der Waals surface area contributed by atoms with Crippen LogP contribution in [-0.2, 0) is 16.6 Å². The van der Waals surface area contributed by atoms with E-state index in [1.165, 1.54) is 31.7 Å². The van der Waals surface area contributed by atoms with Crippen molar-refractivity contribution in [3.8, 4) is 0 Å². The van der Waals surface area contributed by atoms with Crippen LogP contribution in [0.25, 0.3) is 0 Å². The fourth-order valence-corrected chi connectivity index (χ4v) is 4.80. The molecule has 0 radical (unpaired) electrons. The van der Waals surface area contributed by atoms with E-state index in [-0.39, 0.29) is 10.8 Å². The minimum Gasteiger partial charge on any atom is -0.392 e. The van der Waals surface area contributed by atoms with Crippen molar-refractivity contribution in [3.63, 3.8) is 0 Å². The van der Waals surface area contributed by atoms with Gasteiger partial charge in [0.25, 0.3) is 0 Å². The predicted molar refractivity (Wildman–Crippen MR) is 80.3 cm³/mol. The number of nitrogens with one attached hydrogen (secondary N) is 1. The number of likely N-dealkylation sites (N-methyl/N-ethyl adjacent to an activating group) is 1. The fourth-order valence-electron chi connectivity index (χ4n) is 2.53. The molecule has 0 saturated heterocycles. The molecule has 0 aromatic carbocycles. The van der Waals surface area contributed by atoms with Gasteiger partial charge in [0.05, 0.1) is 6.61 Å². The molecule has 1 aliphatic rings. The van der Waals surface area contributed by atoms with Crippen LogP contribution in [0.3, 0.4) is 0 Å². The first-order chi connectivity index (χ1) is 9.53. The SMILES string of the molecule is CN(CCNS(=O)(=O)c1cc(CO)cs1)C1CCCC1. The standard InChI is InChI=1S/C13H22N2O3S2/c1-15(12-4-2-3-5-12)7-6-14-20(17,18)13-8-11(9-16)10-19-13/h8,10,12,14,16H,2-7,9H2,1H3. The molecule has 1 fully saturated rings. The van der Waals surface area contributed by atoms with Gasteiger partial charge in [-0.25, -0.2) is 13.1 Å². The monoisotopic (exact) mass is 318 g/mol. The number of aliphatic hydroxyl groups is 1. The van der Waals surface area contributed by atoms with E-state index in [0.29, 0.717) is 18.2 Å². The minimum absolute atomic E-state index is 0.129. The van der Waals surface area contributed by atoms with E-state index < -0.39 is 10.0 Å². The van der Waals surface area contributed by atoms with Crippen LogP contribution >= 0.6 is 11.3 Å². The van der Waals surface area contributed by atoms with Crippen molar-refractivity contribution in [3.05, 3.63) is 17.0 Å². The molecule has 1 heterocycles. The maximum atomic E-state index is 12.1. The lowest BCUT2D eigenvalue weighted by atomic mass is 10.2. The largest absolute Gasteiger partial charge is 0.392 e. The number of aliphatic hydroxyl groups excluding tert-OH is 1. The number of hydrogen-bond acceptors (Lipinski definition) is 5. The molecular weight excluding hydrogens is 296 g/mol. The molecule has 0 bridgehead atoms. The Morgan fingerprint density at radius 3 is 2.75 bits per heavy atom. The summed E-state index contributed by atoms with van der Waals surface area (Å²) in [6.45, 7) is 1.01. The summed E-state index contributed by atoms with van der Waals surface area (Å²) < 4.78 is 27.0. The molecule has 0 spiro atoms. The van der Waals surface area contributed by atoms with Crippen molar-refractivity contribution in [2.45, 2.75) is 42.5 Å². The quantitative estimate of drug-likeness (QED) is 0.797. The second-order valence-corrected chi connectivity index (χ2v) is 8.15. The summed E-state index contributed by atoms with van der Waals surface area (Å²) in [6, 6.07) is 2.12. The Balaban J connectivity index is 1.83. The zero-order chi connectivity index (χ0) is 14.6. The number of nitrogens with zero attached hydrogens (tertiary/aromatic N) is 1. The second-order valence-electron chi connectivity index (χ2n) is 5.25. The molecule has 0 amide bonds. The molecule has 1 aliphatic carbocycles. The molecule has 2 N–H and O–H groups in total. The highest BCUT2D eigenvalue weighted by Crippen LogP contribution is 2.22. The van der Waals surface area contributed by atoms with Gasteiger partial charge in [0.1, 0.15) is 4.21 Å². The highest BCUT2D eigenvalue weighted by molar-refractivity contribution is 7.91. The van der Waals surface area contributed by atoms with Crippen LogP contribution in [-0.4, -0.2) is 44.6 Å². The van der Waals surface area contributed by atoms with Crippen molar-refractivity contribution in [2.24, 2.45) is 0 Å². The van der Waals surface area contributed by atoms with Gasteiger partial charge >= 0.3 is 0 Å². The van der Waals surface area contributed by atoms with Crippen molar-refractivity contribution in [1.82, 2.24) is 9.62 Å². The second kappa shape index (κ2) is 7.00. The Morgan fingerprint density at radius 2 is 2.15 bits per heavy atom. The van der Waals surface area contributed by atoms with Gasteiger partial charge in [-0.2, -0.15) is 0 Å². The van der Waals surface area contributed by atoms with Crippen LogP contribution in [0.15, 0.2) is 15.7 Å². The molecule has 114 valence electrons. The lowest BCUT2D eigenvalue weighted by molar-refractivity contribution is 0.250. The maximum Gasteiger partial charge on any atom is 0.250 e. The number of thiophene rings is 1. The molecule has 1 saturated carbocycles. The molecule has 0 unspecified atom stereocenters. The summed E-state index contributed by atoms with van der Waals surface area (Å²) in [5, 5.41) is 10.6. The van der Waals surface area contributed by atoms with E-state index in [0.717, 1.165) is 17.9 Å².